The van der Waals surface area contributed by atoms with Crippen molar-refractivity contribution in [3.63, 3.8) is 0 Å². The van der Waals surface area contributed by atoms with Gasteiger partial charge in [-0.1, -0.05) is 10.4 Å². The van der Waals surface area contributed by atoms with Crippen molar-refractivity contribution < 1.29 is 0 Å². The lowest BCUT2D eigenvalue weighted by Crippen LogP contribution is -2.54. The van der Waals surface area contributed by atoms with Crippen LogP contribution < -0.4 is 16.4 Å². The van der Waals surface area contributed by atoms with Crippen LogP contribution in [0.4, 0.5) is 0 Å². The van der Waals surface area contributed by atoms with Gasteiger partial charge in [0.15, 0.2) is 0 Å². The second kappa shape index (κ2) is 9.27. The molecule has 0 radical (unpaired) electrons. The molecule has 0 spiro atoms. The zero-order valence-corrected chi connectivity index (χ0v) is 14.8. The number of rotatable bonds is 12. The van der Waals surface area contributed by atoms with E-state index in [1.807, 2.05) is 27.7 Å². The molecular weight excluding hydrogens is 282 g/mol. The molecule has 0 heterocycles. The quantitative estimate of drug-likeness (QED) is 0.478. The second-order valence-corrected chi connectivity index (χ2v) is 7.14. The Kier molecular flexibility index (Phi) is 8.88. The normalized spacial score (nSPS) is 16.9. The van der Waals surface area contributed by atoms with Gasteiger partial charge in [0.2, 0.25) is 0 Å². The van der Waals surface area contributed by atoms with Crippen molar-refractivity contribution in [2.75, 3.05) is 13.1 Å². The molecule has 0 rings (SSSR count). The molecule has 7 nitrogen and oxygen atoms in total. The molecule has 0 aliphatic carbocycles. The predicted octanol–water partition coefficient (Wildman–Crippen LogP) is 2.14. The van der Waals surface area contributed by atoms with Crippen LogP contribution in [-0.4, -0.2) is 42.3 Å². The zero-order valence-electron chi connectivity index (χ0n) is 14.8. The summed E-state index contributed by atoms with van der Waals surface area (Å²) in [6.45, 7) is 12.8. The molecule has 0 aliphatic rings. The smallest absolute Gasteiger partial charge is 0.107 e. The number of nitrogens with one attached hydrogen (secondary N) is 2. The molecule has 3 atom stereocenters. The van der Waals surface area contributed by atoms with Crippen LogP contribution >= 0.6 is 0 Å². The van der Waals surface area contributed by atoms with Crippen molar-refractivity contribution in [3.8, 4) is 0 Å². The van der Waals surface area contributed by atoms with Gasteiger partial charge in [0.1, 0.15) is 12.1 Å². The molecule has 7 heteroatoms. The van der Waals surface area contributed by atoms with Crippen LogP contribution in [0.5, 0.6) is 0 Å². The highest BCUT2D eigenvalue weighted by atomic mass is 16.3. The van der Waals surface area contributed by atoms with Crippen LogP contribution in [0, 0.1) is 9.81 Å². The maximum Gasteiger partial charge on any atom is 0.107 e. The maximum absolute atomic E-state index is 10.8. The zero-order chi connectivity index (χ0) is 17.4. The minimum Gasteiger partial charge on any atom is -0.330 e. The van der Waals surface area contributed by atoms with Crippen molar-refractivity contribution in [3.05, 3.63) is 9.81 Å². The van der Waals surface area contributed by atoms with Gasteiger partial charge in [0, 0.05) is 17.1 Å². The molecular formula is C15H33N5O2. The molecule has 22 heavy (non-hydrogen) atoms. The lowest BCUT2D eigenvalue weighted by atomic mass is 9.93. The number of nitroso groups, excluding NO2 is 2. The largest absolute Gasteiger partial charge is 0.330 e. The van der Waals surface area contributed by atoms with E-state index >= 15 is 0 Å². The molecule has 0 aromatic heterocycles. The summed E-state index contributed by atoms with van der Waals surface area (Å²) in [5, 5.41) is 13.1. The Bertz CT molecular complexity index is 347. The summed E-state index contributed by atoms with van der Waals surface area (Å²) in [6, 6.07) is -0.437. The van der Waals surface area contributed by atoms with Crippen molar-refractivity contribution >= 4 is 0 Å². The third-order valence-corrected chi connectivity index (χ3v) is 4.57. The summed E-state index contributed by atoms with van der Waals surface area (Å²) in [5.41, 5.74) is 4.96. The molecule has 130 valence electrons. The van der Waals surface area contributed by atoms with Gasteiger partial charge in [0.25, 0.3) is 0 Å². The van der Waals surface area contributed by atoms with E-state index in [2.05, 4.69) is 21.0 Å². The highest BCUT2D eigenvalue weighted by Gasteiger charge is 2.30. The minimum absolute atomic E-state index is 0.187. The summed E-state index contributed by atoms with van der Waals surface area (Å²) in [6.07, 6.45) is 1.67. The Morgan fingerprint density at radius 1 is 0.955 bits per heavy atom. The molecule has 0 saturated carbocycles. The van der Waals surface area contributed by atoms with Gasteiger partial charge in [0.05, 0.1) is 0 Å². The molecule has 0 saturated heterocycles. The van der Waals surface area contributed by atoms with Gasteiger partial charge in [-0.15, -0.1) is 0 Å². The summed E-state index contributed by atoms with van der Waals surface area (Å²) in [7, 11) is 0. The SMILES string of the molecule is CC(N=O)C(C)(C)NCCC(CCN)NC(C)(C)C(C)N=O. The van der Waals surface area contributed by atoms with E-state index in [1.54, 1.807) is 13.8 Å². The number of nitrogens with zero attached hydrogens (tertiary/aromatic N) is 2. The van der Waals surface area contributed by atoms with Crippen molar-refractivity contribution in [1.29, 1.82) is 0 Å². The van der Waals surface area contributed by atoms with Gasteiger partial charge < -0.3 is 16.4 Å². The summed E-state index contributed by atoms with van der Waals surface area (Å²) in [5.74, 6) is 0. The lowest BCUT2D eigenvalue weighted by molar-refractivity contribution is 0.263. The summed E-state index contributed by atoms with van der Waals surface area (Å²) >= 11 is 0. The average molecular weight is 315 g/mol. The first kappa shape index (κ1) is 21.1. The number of hydrogen-bond acceptors (Lipinski definition) is 7. The summed E-state index contributed by atoms with van der Waals surface area (Å²) < 4.78 is 0. The van der Waals surface area contributed by atoms with E-state index in [4.69, 9.17) is 5.73 Å². The highest BCUT2D eigenvalue weighted by molar-refractivity contribution is 4.92. The topological polar surface area (TPSA) is 109 Å². The fourth-order valence-corrected chi connectivity index (χ4v) is 2.12. The Labute approximate surface area is 134 Å². The van der Waals surface area contributed by atoms with Crippen LogP contribution in [0.1, 0.15) is 54.4 Å². The van der Waals surface area contributed by atoms with Gasteiger partial charge in [-0.2, -0.15) is 9.81 Å². The van der Waals surface area contributed by atoms with Crippen molar-refractivity contribution in [2.45, 2.75) is 83.6 Å². The van der Waals surface area contributed by atoms with Gasteiger partial charge in [-0.05, 0) is 67.5 Å². The van der Waals surface area contributed by atoms with Crippen LogP contribution in [-0.2, 0) is 0 Å². The van der Waals surface area contributed by atoms with Crippen LogP contribution in [0.15, 0.2) is 10.4 Å². The van der Waals surface area contributed by atoms with E-state index < -0.39 is 0 Å². The fourth-order valence-electron chi connectivity index (χ4n) is 2.12. The Morgan fingerprint density at radius 3 is 1.91 bits per heavy atom. The third kappa shape index (κ3) is 6.89. The third-order valence-electron chi connectivity index (χ3n) is 4.57. The van der Waals surface area contributed by atoms with Crippen molar-refractivity contribution in [2.24, 2.45) is 16.1 Å². The van der Waals surface area contributed by atoms with E-state index in [1.165, 1.54) is 0 Å². The molecule has 0 fully saturated rings. The average Bonchev–Trinajstić information content (AvgIpc) is 2.44. The molecule has 0 aromatic rings. The van der Waals surface area contributed by atoms with E-state index in [0.29, 0.717) is 6.54 Å². The van der Waals surface area contributed by atoms with Crippen molar-refractivity contribution in [1.82, 2.24) is 10.6 Å². The number of hydrogen-bond donors (Lipinski definition) is 3. The van der Waals surface area contributed by atoms with E-state index in [-0.39, 0.29) is 29.2 Å². The molecule has 0 aromatic carbocycles. The molecule has 0 aliphatic heterocycles. The first-order valence-electron chi connectivity index (χ1n) is 7.98. The van der Waals surface area contributed by atoms with E-state index in [9.17, 15) is 9.81 Å². The lowest BCUT2D eigenvalue weighted by Gasteiger charge is -2.35. The second-order valence-electron chi connectivity index (χ2n) is 7.14. The summed E-state index contributed by atoms with van der Waals surface area (Å²) in [4.78, 5) is 21.5. The van der Waals surface area contributed by atoms with Crippen LogP contribution in [0.3, 0.4) is 0 Å². The van der Waals surface area contributed by atoms with E-state index in [0.717, 1.165) is 19.4 Å². The highest BCUT2D eigenvalue weighted by Crippen LogP contribution is 2.16. The Morgan fingerprint density at radius 2 is 1.45 bits per heavy atom. The standard InChI is InChI=1S/C15H33N5O2/c1-11(19-21)14(3,4)17-10-8-13(7-9-16)18-15(5,6)12(2)20-22/h11-13,17-18H,7-10,16H2,1-6H3. The molecule has 0 bridgehead atoms. The molecule has 4 N–H and O–H groups in total. The van der Waals surface area contributed by atoms with Crippen LogP contribution in [0.2, 0.25) is 0 Å². The maximum atomic E-state index is 10.8. The Hall–Kier alpha value is -0.920. The Balaban J connectivity index is 4.54. The minimum atomic E-state index is -0.380. The monoisotopic (exact) mass is 315 g/mol. The van der Waals surface area contributed by atoms with Gasteiger partial charge in [-0.25, -0.2) is 0 Å². The molecule has 0 amide bonds. The first-order valence-corrected chi connectivity index (χ1v) is 7.98. The number of nitrogens with two attached hydrogens (primary N) is 1. The van der Waals surface area contributed by atoms with Crippen LogP contribution in [0.25, 0.3) is 0 Å². The van der Waals surface area contributed by atoms with Gasteiger partial charge >= 0.3 is 0 Å². The van der Waals surface area contributed by atoms with Gasteiger partial charge in [-0.3, -0.25) is 0 Å². The first-order chi connectivity index (χ1) is 10.1. The molecule has 3 unspecified atom stereocenters. The fraction of sp³-hybridized carbons (Fsp3) is 1.00. The predicted molar refractivity (Wildman–Crippen MR) is 91.9 cm³/mol.